The van der Waals surface area contributed by atoms with Crippen molar-refractivity contribution in [1.82, 2.24) is 0 Å². The molecule has 1 atom stereocenters. The van der Waals surface area contributed by atoms with Gasteiger partial charge in [-0.15, -0.1) is 0 Å². The molecule has 18 heavy (non-hydrogen) atoms. The monoisotopic (exact) mass is 330 g/mol. The lowest BCUT2D eigenvalue weighted by atomic mass is 9.99. The molecule has 0 amide bonds. The number of hydrogen-bond acceptors (Lipinski definition) is 1. The van der Waals surface area contributed by atoms with Gasteiger partial charge in [0, 0.05) is 11.1 Å². The van der Waals surface area contributed by atoms with Crippen molar-refractivity contribution < 1.29 is 26.7 Å². The van der Waals surface area contributed by atoms with Crippen LogP contribution in [0.15, 0.2) is 18.2 Å². The SMILES string of the molecule is CC(Br)C(=O)c1ccc(C(F)F)cc1C(F)(F)F. The van der Waals surface area contributed by atoms with E-state index in [1.54, 1.807) is 0 Å². The van der Waals surface area contributed by atoms with Crippen LogP contribution in [-0.2, 0) is 6.18 Å². The summed E-state index contributed by atoms with van der Waals surface area (Å²) in [5, 5.41) is 0. The number of hydrogen-bond donors (Lipinski definition) is 0. The molecule has 100 valence electrons. The zero-order valence-corrected chi connectivity index (χ0v) is 10.6. The second kappa shape index (κ2) is 5.34. The summed E-state index contributed by atoms with van der Waals surface area (Å²) >= 11 is 2.86. The molecule has 0 heterocycles. The van der Waals surface area contributed by atoms with Crippen molar-refractivity contribution in [2.24, 2.45) is 0 Å². The molecule has 0 fully saturated rings. The van der Waals surface area contributed by atoms with Crippen molar-refractivity contribution >= 4 is 21.7 Å². The van der Waals surface area contributed by atoms with E-state index in [-0.39, 0.29) is 0 Å². The average molecular weight is 331 g/mol. The van der Waals surface area contributed by atoms with Gasteiger partial charge in [-0.2, -0.15) is 13.2 Å². The average Bonchev–Trinajstić information content (AvgIpc) is 2.25. The van der Waals surface area contributed by atoms with Crippen molar-refractivity contribution in [3.63, 3.8) is 0 Å². The first-order chi connectivity index (χ1) is 8.14. The van der Waals surface area contributed by atoms with Gasteiger partial charge >= 0.3 is 6.18 Å². The summed E-state index contributed by atoms with van der Waals surface area (Å²) in [4.78, 5) is 10.7. The second-order valence-electron chi connectivity index (χ2n) is 3.58. The van der Waals surface area contributed by atoms with Crippen LogP contribution in [0.4, 0.5) is 22.0 Å². The molecule has 0 radical (unpaired) electrons. The number of Topliss-reactive ketones (excluding diaryl/α,β-unsaturated/α-hetero) is 1. The molecule has 0 saturated heterocycles. The topological polar surface area (TPSA) is 17.1 Å². The van der Waals surface area contributed by atoms with Gasteiger partial charge in [0.25, 0.3) is 6.43 Å². The highest BCUT2D eigenvalue weighted by atomic mass is 79.9. The Balaban J connectivity index is 3.40. The Bertz CT molecular complexity index is 453. The number of halogens is 6. The van der Waals surface area contributed by atoms with Gasteiger partial charge in [-0.1, -0.05) is 28.1 Å². The first-order valence-electron chi connectivity index (χ1n) is 4.82. The number of alkyl halides is 6. The van der Waals surface area contributed by atoms with E-state index in [9.17, 15) is 26.7 Å². The third-order valence-corrected chi connectivity index (χ3v) is 2.64. The quantitative estimate of drug-likeness (QED) is 0.449. The van der Waals surface area contributed by atoms with Crippen LogP contribution in [-0.4, -0.2) is 10.6 Å². The lowest BCUT2D eigenvalue weighted by Gasteiger charge is -2.14. The fraction of sp³-hybridized carbons (Fsp3) is 0.364. The molecule has 0 N–H and O–H groups in total. The van der Waals surface area contributed by atoms with Crippen molar-refractivity contribution in [1.29, 1.82) is 0 Å². The summed E-state index contributed by atoms with van der Waals surface area (Å²) in [6.45, 7) is 1.36. The van der Waals surface area contributed by atoms with Crippen LogP contribution in [0.2, 0.25) is 0 Å². The molecule has 0 bridgehead atoms. The van der Waals surface area contributed by atoms with Gasteiger partial charge in [0.15, 0.2) is 5.78 Å². The highest BCUT2D eigenvalue weighted by Gasteiger charge is 2.36. The van der Waals surface area contributed by atoms with Crippen LogP contribution in [0.1, 0.15) is 34.8 Å². The van der Waals surface area contributed by atoms with Crippen molar-refractivity contribution in [3.8, 4) is 0 Å². The lowest BCUT2D eigenvalue weighted by Crippen LogP contribution is -2.18. The van der Waals surface area contributed by atoms with Crippen molar-refractivity contribution in [2.45, 2.75) is 24.4 Å². The van der Waals surface area contributed by atoms with Crippen LogP contribution < -0.4 is 0 Å². The van der Waals surface area contributed by atoms with Gasteiger partial charge in [0.1, 0.15) is 0 Å². The van der Waals surface area contributed by atoms with Gasteiger partial charge < -0.3 is 0 Å². The smallest absolute Gasteiger partial charge is 0.293 e. The Morgan fingerprint density at radius 3 is 2.22 bits per heavy atom. The Hall–Kier alpha value is -0.980. The molecule has 1 unspecified atom stereocenters. The molecule has 0 saturated carbocycles. The third kappa shape index (κ3) is 3.28. The number of carbonyl (C=O) groups is 1. The highest BCUT2D eigenvalue weighted by molar-refractivity contribution is 9.10. The second-order valence-corrected chi connectivity index (χ2v) is 4.96. The largest absolute Gasteiger partial charge is 0.417 e. The van der Waals surface area contributed by atoms with E-state index < -0.39 is 39.9 Å². The van der Waals surface area contributed by atoms with Crippen molar-refractivity contribution in [3.05, 3.63) is 34.9 Å². The molecule has 0 aliphatic carbocycles. The first-order valence-corrected chi connectivity index (χ1v) is 5.73. The van der Waals surface area contributed by atoms with Gasteiger partial charge in [0.2, 0.25) is 0 Å². The molecule has 0 spiro atoms. The van der Waals surface area contributed by atoms with Crippen LogP contribution in [0.5, 0.6) is 0 Å². The van der Waals surface area contributed by atoms with E-state index in [0.717, 1.165) is 12.1 Å². The molecule has 7 heteroatoms. The molecule has 1 nitrogen and oxygen atoms in total. The van der Waals surface area contributed by atoms with E-state index in [1.807, 2.05) is 0 Å². The standard InChI is InChI=1S/C11H8BrF5O/c1-5(12)9(18)7-3-2-6(10(13)14)4-8(7)11(15,16)17/h2-5,10H,1H3. The molecular formula is C11H8BrF5O. The molecule has 0 aliphatic heterocycles. The predicted molar refractivity (Wildman–Crippen MR) is 59.1 cm³/mol. The Morgan fingerprint density at radius 2 is 1.83 bits per heavy atom. The number of benzene rings is 1. The van der Waals surface area contributed by atoms with Crippen molar-refractivity contribution in [2.75, 3.05) is 0 Å². The minimum Gasteiger partial charge on any atom is -0.293 e. The van der Waals surface area contributed by atoms with Gasteiger partial charge in [-0.25, -0.2) is 8.78 Å². The van der Waals surface area contributed by atoms with Crippen LogP contribution in [0, 0.1) is 0 Å². The van der Waals surface area contributed by atoms with E-state index in [4.69, 9.17) is 0 Å². The summed E-state index contributed by atoms with van der Waals surface area (Å²) < 4.78 is 62.8. The third-order valence-electron chi connectivity index (χ3n) is 2.23. The maximum atomic E-state index is 12.7. The number of rotatable bonds is 3. The maximum Gasteiger partial charge on any atom is 0.417 e. The van der Waals surface area contributed by atoms with E-state index in [1.165, 1.54) is 6.92 Å². The highest BCUT2D eigenvalue weighted by Crippen LogP contribution is 2.35. The molecule has 0 aromatic heterocycles. The fourth-order valence-electron chi connectivity index (χ4n) is 1.36. The Kier molecular flexibility index (Phi) is 4.47. The zero-order chi connectivity index (χ0) is 14.1. The Morgan fingerprint density at radius 1 is 1.28 bits per heavy atom. The summed E-state index contributed by atoms with van der Waals surface area (Å²) in [6.07, 6.45) is -7.87. The Labute approximate surface area is 108 Å². The van der Waals surface area contributed by atoms with Crippen LogP contribution in [0.25, 0.3) is 0 Å². The van der Waals surface area contributed by atoms with E-state index in [0.29, 0.717) is 6.07 Å². The predicted octanol–water partition coefficient (Wildman–Crippen LogP) is 4.61. The zero-order valence-electron chi connectivity index (χ0n) is 9.06. The lowest BCUT2D eigenvalue weighted by molar-refractivity contribution is -0.138. The van der Waals surface area contributed by atoms with Gasteiger partial charge in [-0.3, -0.25) is 4.79 Å². The molecule has 0 aliphatic rings. The fourth-order valence-corrected chi connectivity index (χ4v) is 1.61. The van der Waals surface area contributed by atoms with Gasteiger partial charge in [0.05, 0.1) is 10.4 Å². The van der Waals surface area contributed by atoms with E-state index >= 15 is 0 Å². The normalized spacial score (nSPS) is 13.8. The van der Waals surface area contributed by atoms with Gasteiger partial charge in [-0.05, 0) is 13.0 Å². The minimum absolute atomic E-state index is 0.313. The molecule has 1 aromatic carbocycles. The van der Waals surface area contributed by atoms with E-state index in [2.05, 4.69) is 15.9 Å². The summed E-state index contributed by atoms with van der Waals surface area (Å²) in [5.41, 5.74) is -2.71. The number of ketones is 1. The summed E-state index contributed by atoms with van der Waals surface area (Å²) in [7, 11) is 0. The first kappa shape index (κ1) is 15.1. The van der Waals surface area contributed by atoms with Crippen LogP contribution in [0.3, 0.4) is 0 Å². The minimum atomic E-state index is -4.85. The van der Waals surface area contributed by atoms with Crippen LogP contribution >= 0.6 is 15.9 Å². The molecule has 1 rings (SSSR count). The summed E-state index contributed by atoms with van der Waals surface area (Å²) in [6, 6.07) is 1.92. The number of carbonyl (C=O) groups excluding carboxylic acids is 1. The molecule has 1 aromatic rings. The summed E-state index contributed by atoms with van der Waals surface area (Å²) in [5.74, 6) is -0.803. The molecular weight excluding hydrogens is 323 g/mol. The maximum absolute atomic E-state index is 12.7.